The molecule has 0 saturated carbocycles. The largest absolute Gasteiger partial charge is 0.457 e. The van der Waals surface area contributed by atoms with E-state index >= 15 is 0 Å². The first-order valence-corrected chi connectivity index (χ1v) is 10.5. The number of hydrogen-bond donors (Lipinski definition) is 1. The third-order valence-electron chi connectivity index (χ3n) is 3.64. The summed E-state index contributed by atoms with van der Waals surface area (Å²) in [5.41, 5.74) is 1.59. The van der Waals surface area contributed by atoms with Crippen LogP contribution in [0.3, 0.4) is 0 Å². The molecule has 0 saturated heterocycles. The monoisotopic (exact) mass is 395 g/mol. The van der Waals surface area contributed by atoms with Crippen LogP contribution in [0.1, 0.15) is 42.1 Å². The lowest BCUT2D eigenvalue weighted by Crippen LogP contribution is -2.26. The van der Waals surface area contributed by atoms with Gasteiger partial charge in [-0.15, -0.1) is 11.3 Å². The minimum atomic E-state index is -3.60. The van der Waals surface area contributed by atoms with E-state index < -0.39 is 16.0 Å². The average molecular weight is 396 g/mol. The molecule has 1 aromatic carbocycles. The van der Waals surface area contributed by atoms with Crippen LogP contribution in [0.15, 0.2) is 46.0 Å². The van der Waals surface area contributed by atoms with Gasteiger partial charge in [-0.3, -0.25) is 9.59 Å². The second kappa shape index (κ2) is 9.07. The zero-order valence-corrected chi connectivity index (χ0v) is 16.2. The summed E-state index contributed by atoms with van der Waals surface area (Å²) in [6, 6.07) is 10.3. The topological polar surface area (TPSA) is 89.5 Å². The Bertz CT molecular complexity index is 840. The summed E-state index contributed by atoms with van der Waals surface area (Å²) < 4.78 is 31.2. The van der Waals surface area contributed by atoms with Gasteiger partial charge in [0, 0.05) is 12.1 Å². The van der Waals surface area contributed by atoms with Gasteiger partial charge in [-0.05, 0) is 22.9 Å². The molecule has 0 aliphatic carbocycles. The fourth-order valence-electron chi connectivity index (χ4n) is 2.13. The van der Waals surface area contributed by atoms with Gasteiger partial charge < -0.3 is 4.74 Å². The van der Waals surface area contributed by atoms with Crippen LogP contribution in [0.5, 0.6) is 0 Å². The molecule has 140 valence electrons. The van der Waals surface area contributed by atoms with Gasteiger partial charge in [-0.25, -0.2) is 13.1 Å². The molecule has 0 bridgehead atoms. The first-order chi connectivity index (χ1) is 12.3. The van der Waals surface area contributed by atoms with E-state index in [1.165, 1.54) is 6.07 Å². The highest BCUT2D eigenvalue weighted by molar-refractivity contribution is 7.91. The van der Waals surface area contributed by atoms with Crippen molar-refractivity contribution in [1.29, 1.82) is 0 Å². The number of carbonyl (C=O) groups is 2. The van der Waals surface area contributed by atoms with Gasteiger partial charge in [0.2, 0.25) is 10.0 Å². The normalized spacial score (nSPS) is 11.5. The maximum Gasteiger partial charge on any atom is 0.307 e. The van der Waals surface area contributed by atoms with E-state index in [0.29, 0.717) is 11.5 Å². The standard InChI is InChI=1S/C18H21NO5S2/c1-13(2)14-5-7-15(8-6-14)16(20)12-24-17(21)9-10-19-26(22,23)18-4-3-11-25-18/h3-8,11,13,19H,9-10,12H2,1-2H3. The van der Waals surface area contributed by atoms with Gasteiger partial charge >= 0.3 is 5.97 Å². The Balaban J connectivity index is 1.75. The highest BCUT2D eigenvalue weighted by Gasteiger charge is 2.16. The summed E-state index contributed by atoms with van der Waals surface area (Å²) in [5.74, 6) is -0.561. The Labute approximate surface area is 157 Å². The average Bonchev–Trinajstić information content (AvgIpc) is 3.15. The number of rotatable bonds is 9. The molecule has 0 amide bonds. The van der Waals surface area contributed by atoms with Crippen LogP contribution in [-0.4, -0.2) is 33.3 Å². The number of benzene rings is 1. The SMILES string of the molecule is CC(C)c1ccc(C(=O)COC(=O)CCNS(=O)(=O)c2cccs2)cc1. The number of carbonyl (C=O) groups excluding carboxylic acids is 2. The van der Waals surface area contributed by atoms with E-state index in [1.807, 2.05) is 12.1 Å². The molecule has 1 N–H and O–H groups in total. The molecule has 0 aliphatic rings. The van der Waals surface area contributed by atoms with Gasteiger partial charge in [0.05, 0.1) is 6.42 Å². The minimum Gasteiger partial charge on any atom is -0.457 e. The maximum atomic E-state index is 12.0. The fraction of sp³-hybridized carbons (Fsp3) is 0.333. The van der Waals surface area contributed by atoms with E-state index in [1.54, 1.807) is 23.6 Å². The van der Waals surface area contributed by atoms with Crippen molar-refractivity contribution in [1.82, 2.24) is 4.72 Å². The molecule has 0 atom stereocenters. The molecular formula is C18H21NO5S2. The van der Waals surface area contributed by atoms with Crippen LogP contribution >= 0.6 is 11.3 Å². The van der Waals surface area contributed by atoms with Gasteiger partial charge in [0.15, 0.2) is 12.4 Å². The first-order valence-electron chi connectivity index (χ1n) is 8.11. The van der Waals surface area contributed by atoms with Crippen LogP contribution in [-0.2, 0) is 19.6 Å². The molecule has 8 heteroatoms. The second-order valence-corrected chi connectivity index (χ2v) is 8.88. The first kappa shape index (κ1) is 20.3. The molecule has 0 aliphatic heterocycles. The van der Waals surface area contributed by atoms with Gasteiger partial charge in [0.25, 0.3) is 0 Å². The molecule has 0 fully saturated rings. The zero-order chi connectivity index (χ0) is 19.2. The number of thiophene rings is 1. The van der Waals surface area contributed by atoms with Crippen molar-refractivity contribution in [3.8, 4) is 0 Å². The molecule has 0 unspecified atom stereocenters. The van der Waals surface area contributed by atoms with Crippen molar-refractivity contribution < 1.29 is 22.7 Å². The summed E-state index contributed by atoms with van der Waals surface area (Å²) in [4.78, 5) is 23.7. The van der Waals surface area contributed by atoms with Crippen LogP contribution in [0.4, 0.5) is 0 Å². The number of ketones is 1. The molecule has 1 heterocycles. The molecule has 2 rings (SSSR count). The lowest BCUT2D eigenvalue weighted by Gasteiger charge is -2.08. The Morgan fingerprint density at radius 2 is 1.85 bits per heavy atom. The minimum absolute atomic E-state index is 0.0870. The summed E-state index contributed by atoms with van der Waals surface area (Å²) in [7, 11) is -3.60. The maximum absolute atomic E-state index is 12.0. The van der Waals surface area contributed by atoms with Gasteiger partial charge in [0.1, 0.15) is 4.21 Å². The van der Waals surface area contributed by atoms with E-state index in [4.69, 9.17) is 4.74 Å². The summed E-state index contributed by atoms with van der Waals surface area (Å²) >= 11 is 1.09. The molecule has 26 heavy (non-hydrogen) atoms. The predicted molar refractivity (Wildman–Crippen MR) is 99.9 cm³/mol. The third kappa shape index (κ3) is 5.76. The predicted octanol–water partition coefficient (Wildman–Crippen LogP) is 2.97. The van der Waals surface area contributed by atoms with Crippen molar-refractivity contribution in [3.05, 3.63) is 52.9 Å². The van der Waals surface area contributed by atoms with Crippen LogP contribution in [0.2, 0.25) is 0 Å². The Morgan fingerprint density at radius 1 is 1.15 bits per heavy atom. The molecule has 6 nitrogen and oxygen atoms in total. The van der Waals surface area contributed by atoms with Gasteiger partial charge in [-0.2, -0.15) is 0 Å². The summed E-state index contributed by atoms with van der Waals surface area (Å²) in [6.07, 6.45) is -0.149. The van der Waals surface area contributed by atoms with Gasteiger partial charge in [-0.1, -0.05) is 44.2 Å². The summed E-state index contributed by atoms with van der Waals surface area (Å²) in [6.45, 7) is 3.67. The second-order valence-electron chi connectivity index (χ2n) is 5.94. The van der Waals surface area contributed by atoms with Crippen molar-refractivity contribution in [2.75, 3.05) is 13.2 Å². The van der Waals surface area contributed by atoms with Crippen LogP contribution in [0.25, 0.3) is 0 Å². The smallest absolute Gasteiger partial charge is 0.307 e. The molecule has 2 aromatic rings. The Morgan fingerprint density at radius 3 is 2.42 bits per heavy atom. The van der Waals surface area contributed by atoms with Crippen molar-refractivity contribution >= 4 is 33.1 Å². The van der Waals surface area contributed by atoms with Crippen molar-refractivity contribution in [3.63, 3.8) is 0 Å². The third-order valence-corrected chi connectivity index (χ3v) is 6.50. The Hall–Kier alpha value is -2.03. The fourth-order valence-corrected chi connectivity index (χ4v) is 4.20. The van der Waals surface area contributed by atoms with Crippen molar-refractivity contribution in [2.24, 2.45) is 0 Å². The quantitative estimate of drug-likeness (QED) is 0.521. The highest BCUT2D eigenvalue weighted by Crippen LogP contribution is 2.16. The number of ether oxygens (including phenoxy) is 1. The molecular weight excluding hydrogens is 374 g/mol. The molecule has 0 radical (unpaired) electrons. The zero-order valence-electron chi connectivity index (χ0n) is 14.6. The van der Waals surface area contributed by atoms with E-state index in [2.05, 4.69) is 18.6 Å². The highest BCUT2D eigenvalue weighted by atomic mass is 32.2. The number of esters is 1. The van der Waals surface area contributed by atoms with Crippen LogP contribution in [0, 0.1) is 0 Å². The number of nitrogens with one attached hydrogen (secondary N) is 1. The number of hydrogen-bond acceptors (Lipinski definition) is 6. The lowest BCUT2D eigenvalue weighted by molar-refractivity contribution is -0.142. The van der Waals surface area contributed by atoms with Crippen LogP contribution < -0.4 is 4.72 Å². The Kier molecular flexibility index (Phi) is 7.07. The van der Waals surface area contributed by atoms with E-state index in [-0.39, 0.29) is 29.6 Å². The molecule has 0 spiro atoms. The van der Waals surface area contributed by atoms with E-state index in [9.17, 15) is 18.0 Å². The number of Topliss-reactive ketones (excluding diaryl/α,β-unsaturated/α-hetero) is 1. The lowest BCUT2D eigenvalue weighted by atomic mass is 10.0. The van der Waals surface area contributed by atoms with Crippen molar-refractivity contribution in [2.45, 2.75) is 30.4 Å². The number of sulfonamides is 1. The molecule has 1 aromatic heterocycles. The van der Waals surface area contributed by atoms with E-state index in [0.717, 1.165) is 16.9 Å². The summed E-state index contributed by atoms with van der Waals surface area (Å²) in [5, 5.41) is 1.65.